The highest BCUT2D eigenvalue weighted by Gasteiger charge is 2.16. The lowest BCUT2D eigenvalue weighted by Crippen LogP contribution is -2.14. The predicted octanol–water partition coefficient (Wildman–Crippen LogP) is 5.23. The summed E-state index contributed by atoms with van der Waals surface area (Å²) in [6.45, 7) is 4.36. The Kier molecular flexibility index (Phi) is 7.42. The zero-order valence-electron chi connectivity index (χ0n) is 16.6. The number of anilines is 2. The number of benzene rings is 2. The Labute approximate surface area is 189 Å². The van der Waals surface area contributed by atoms with Crippen molar-refractivity contribution >= 4 is 52.2 Å². The Balaban J connectivity index is 1.75. The van der Waals surface area contributed by atoms with E-state index in [1.54, 1.807) is 24.3 Å². The lowest BCUT2D eigenvalue weighted by molar-refractivity contribution is -0.113. The Morgan fingerprint density at radius 2 is 2.00 bits per heavy atom. The number of hydrogen-bond acceptors (Lipinski definition) is 5. The fraction of sp³-hybridized carbons (Fsp3) is 0.190. The molecule has 3 rings (SSSR count). The van der Waals surface area contributed by atoms with Crippen LogP contribution in [0, 0.1) is 0 Å². The van der Waals surface area contributed by atoms with Crippen LogP contribution in [-0.2, 0) is 11.3 Å². The largest absolute Gasteiger partial charge is 0.378 e. The lowest BCUT2D eigenvalue weighted by atomic mass is 10.2. The number of nitrogens with zero attached hydrogens (tertiary/aromatic N) is 4. The van der Waals surface area contributed by atoms with Gasteiger partial charge in [0.25, 0.3) is 0 Å². The quantitative estimate of drug-likeness (QED) is 0.367. The van der Waals surface area contributed by atoms with Gasteiger partial charge in [0.05, 0.1) is 15.8 Å². The lowest BCUT2D eigenvalue weighted by Gasteiger charge is -2.14. The van der Waals surface area contributed by atoms with Gasteiger partial charge in [0.15, 0.2) is 11.0 Å². The zero-order chi connectivity index (χ0) is 21.7. The second-order valence-electron chi connectivity index (χ2n) is 6.62. The molecule has 0 spiro atoms. The summed E-state index contributed by atoms with van der Waals surface area (Å²) in [6.07, 6.45) is 1.78. The van der Waals surface area contributed by atoms with Crippen LogP contribution in [0.4, 0.5) is 11.4 Å². The number of carbonyl (C=O) groups excluding carboxylic acids is 1. The number of hydrogen-bond donors (Lipinski definition) is 1. The Morgan fingerprint density at radius 1 is 1.20 bits per heavy atom. The second kappa shape index (κ2) is 10.0. The van der Waals surface area contributed by atoms with Gasteiger partial charge in [0.2, 0.25) is 5.91 Å². The second-order valence-corrected chi connectivity index (χ2v) is 8.37. The number of carbonyl (C=O) groups is 1. The summed E-state index contributed by atoms with van der Waals surface area (Å²) in [5.74, 6) is 0.724. The Bertz CT molecular complexity index is 1070. The molecule has 0 saturated heterocycles. The summed E-state index contributed by atoms with van der Waals surface area (Å²) in [6, 6.07) is 13.0. The summed E-state index contributed by atoms with van der Waals surface area (Å²) in [7, 11) is 3.97. The average molecular weight is 462 g/mol. The van der Waals surface area contributed by atoms with E-state index in [1.165, 1.54) is 11.8 Å². The van der Waals surface area contributed by atoms with Gasteiger partial charge in [-0.1, -0.05) is 53.2 Å². The van der Waals surface area contributed by atoms with Gasteiger partial charge in [-0.05, 0) is 30.3 Å². The molecule has 0 atom stereocenters. The molecule has 3 aromatic rings. The topological polar surface area (TPSA) is 63.1 Å². The zero-order valence-corrected chi connectivity index (χ0v) is 18.9. The number of rotatable bonds is 8. The van der Waals surface area contributed by atoms with Crippen LogP contribution in [0.2, 0.25) is 10.0 Å². The first-order valence-corrected chi connectivity index (χ1v) is 10.8. The van der Waals surface area contributed by atoms with Crippen LogP contribution < -0.4 is 10.2 Å². The van der Waals surface area contributed by atoms with E-state index in [0.29, 0.717) is 27.4 Å². The van der Waals surface area contributed by atoms with Crippen molar-refractivity contribution in [1.82, 2.24) is 14.8 Å². The van der Waals surface area contributed by atoms with E-state index in [4.69, 9.17) is 23.2 Å². The van der Waals surface area contributed by atoms with Crippen LogP contribution in [0.5, 0.6) is 0 Å². The highest BCUT2D eigenvalue weighted by molar-refractivity contribution is 7.99. The molecule has 0 unspecified atom stereocenters. The first kappa shape index (κ1) is 22.2. The van der Waals surface area contributed by atoms with Gasteiger partial charge >= 0.3 is 0 Å². The molecule has 1 amide bonds. The highest BCUT2D eigenvalue weighted by Crippen LogP contribution is 2.28. The van der Waals surface area contributed by atoms with Crippen LogP contribution in [-0.4, -0.2) is 40.5 Å². The molecule has 6 nitrogen and oxygen atoms in total. The monoisotopic (exact) mass is 461 g/mol. The van der Waals surface area contributed by atoms with E-state index in [1.807, 2.05) is 41.8 Å². The molecular formula is C21H21Cl2N5OS. The number of halogens is 2. The number of allylic oxidation sites excluding steroid dienone is 1. The van der Waals surface area contributed by atoms with E-state index in [2.05, 4.69) is 28.2 Å². The standard InChI is InChI=1S/C21H21Cl2N5OS/c1-4-10-28-20(14-6-5-7-16(11-14)27(2)3)25-26-21(28)30-13-19(29)24-15-8-9-17(22)18(23)12-15/h4-9,11-12H,1,10,13H2,2-3H3,(H,24,29). The maximum Gasteiger partial charge on any atom is 0.234 e. The molecule has 0 fully saturated rings. The van der Waals surface area contributed by atoms with Crippen molar-refractivity contribution in [1.29, 1.82) is 0 Å². The smallest absolute Gasteiger partial charge is 0.234 e. The minimum Gasteiger partial charge on any atom is -0.378 e. The summed E-state index contributed by atoms with van der Waals surface area (Å²) in [5.41, 5.74) is 2.60. The van der Waals surface area contributed by atoms with Gasteiger partial charge in [0, 0.05) is 37.6 Å². The molecule has 0 radical (unpaired) electrons. The van der Waals surface area contributed by atoms with Crippen molar-refractivity contribution in [3.8, 4) is 11.4 Å². The molecule has 30 heavy (non-hydrogen) atoms. The molecule has 1 aromatic heterocycles. The third-order valence-electron chi connectivity index (χ3n) is 4.18. The van der Waals surface area contributed by atoms with Crippen LogP contribution in [0.15, 0.2) is 60.3 Å². The summed E-state index contributed by atoms with van der Waals surface area (Å²) in [5, 5.41) is 12.9. The molecule has 0 aliphatic rings. The van der Waals surface area contributed by atoms with Gasteiger partial charge < -0.3 is 10.2 Å². The van der Waals surface area contributed by atoms with Crippen molar-refractivity contribution in [2.75, 3.05) is 30.1 Å². The van der Waals surface area contributed by atoms with Gasteiger partial charge in [0.1, 0.15) is 0 Å². The maximum atomic E-state index is 12.4. The van der Waals surface area contributed by atoms with E-state index in [0.717, 1.165) is 17.1 Å². The van der Waals surface area contributed by atoms with E-state index >= 15 is 0 Å². The molecule has 1 heterocycles. The van der Waals surface area contributed by atoms with Crippen molar-refractivity contribution in [3.63, 3.8) is 0 Å². The summed E-state index contributed by atoms with van der Waals surface area (Å²) < 4.78 is 1.94. The SMILES string of the molecule is C=CCn1c(SCC(=O)Nc2ccc(Cl)c(Cl)c2)nnc1-c1cccc(N(C)C)c1. The molecular weight excluding hydrogens is 441 g/mol. The summed E-state index contributed by atoms with van der Waals surface area (Å²) in [4.78, 5) is 14.4. The van der Waals surface area contributed by atoms with Gasteiger partial charge in [-0.15, -0.1) is 16.8 Å². The third-order valence-corrected chi connectivity index (χ3v) is 5.89. The highest BCUT2D eigenvalue weighted by atomic mass is 35.5. The number of amides is 1. The average Bonchev–Trinajstić information content (AvgIpc) is 3.12. The van der Waals surface area contributed by atoms with E-state index < -0.39 is 0 Å². The Hall–Kier alpha value is -2.48. The van der Waals surface area contributed by atoms with Crippen molar-refractivity contribution < 1.29 is 4.79 Å². The van der Waals surface area contributed by atoms with Gasteiger partial charge in [-0.3, -0.25) is 9.36 Å². The van der Waals surface area contributed by atoms with Crippen molar-refractivity contribution in [2.24, 2.45) is 0 Å². The fourth-order valence-electron chi connectivity index (χ4n) is 2.73. The van der Waals surface area contributed by atoms with E-state index in [-0.39, 0.29) is 11.7 Å². The third kappa shape index (κ3) is 5.36. The van der Waals surface area contributed by atoms with Crippen LogP contribution in [0.3, 0.4) is 0 Å². The fourth-order valence-corrected chi connectivity index (χ4v) is 3.77. The minimum absolute atomic E-state index is 0.174. The minimum atomic E-state index is -0.178. The molecule has 2 aromatic carbocycles. The molecule has 0 bridgehead atoms. The normalized spacial score (nSPS) is 10.7. The molecule has 0 aliphatic heterocycles. The Morgan fingerprint density at radius 3 is 2.70 bits per heavy atom. The molecule has 9 heteroatoms. The molecule has 0 saturated carbocycles. The molecule has 0 aliphatic carbocycles. The number of aromatic nitrogens is 3. The molecule has 1 N–H and O–H groups in total. The number of thioether (sulfide) groups is 1. The first-order chi connectivity index (χ1) is 14.4. The summed E-state index contributed by atoms with van der Waals surface area (Å²) >= 11 is 13.2. The van der Waals surface area contributed by atoms with Gasteiger partial charge in [-0.25, -0.2) is 0 Å². The number of nitrogens with one attached hydrogen (secondary N) is 1. The van der Waals surface area contributed by atoms with Crippen LogP contribution in [0.25, 0.3) is 11.4 Å². The van der Waals surface area contributed by atoms with E-state index in [9.17, 15) is 4.79 Å². The predicted molar refractivity (Wildman–Crippen MR) is 126 cm³/mol. The van der Waals surface area contributed by atoms with Crippen LogP contribution in [0.1, 0.15) is 0 Å². The van der Waals surface area contributed by atoms with Crippen molar-refractivity contribution in [3.05, 3.63) is 65.2 Å². The first-order valence-electron chi connectivity index (χ1n) is 9.08. The maximum absolute atomic E-state index is 12.4. The van der Waals surface area contributed by atoms with Crippen molar-refractivity contribution in [2.45, 2.75) is 11.7 Å². The molecule has 156 valence electrons. The van der Waals surface area contributed by atoms with Gasteiger partial charge in [-0.2, -0.15) is 0 Å². The van der Waals surface area contributed by atoms with Crippen LogP contribution >= 0.6 is 35.0 Å².